The van der Waals surface area contributed by atoms with E-state index in [2.05, 4.69) is 0 Å². The van der Waals surface area contributed by atoms with Gasteiger partial charge in [-0.1, -0.05) is 23.7 Å². The van der Waals surface area contributed by atoms with E-state index in [-0.39, 0.29) is 5.92 Å². The maximum Gasteiger partial charge on any atom is 0.166 e. The summed E-state index contributed by atoms with van der Waals surface area (Å²) in [5.74, 6) is 3.80. The molecule has 1 nitrogen and oxygen atoms in total. The largest absolute Gasteiger partial charge is 0.294 e. The van der Waals surface area contributed by atoms with E-state index in [1.54, 1.807) is 0 Å². The van der Waals surface area contributed by atoms with E-state index in [1.807, 2.05) is 24.3 Å². The van der Waals surface area contributed by atoms with Gasteiger partial charge in [0.05, 0.1) is 0 Å². The third kappa shape index (κ3) is 1.94. The van der Waals surface area contributed by atoms with E-state index in [4.69, 9.17) is 11.6 Å². The van der Waals surface area contributed by atoms with Crippen LogP contribution < -0.4 is 0 Å². The Kier molecular flexibility index (Phi) is 2.73. The first kappa shape index (κ1) is 12.0. The highest BCUT2D eigenvalue weighted by Gasteiger charge is 2.50. The predicted octanol–water partition coefficient (Wildman–Crippen LogP) is 4.60. The highest BCUT2D eigenvalue weighted by atomic mass is 35.5. The van der Waals surface area contributed by atoms with E-state index in [1.165, 1.54) is 32.1 Å². The molecular weight excluding hydrogens is 256 g/mol. The lowest BCUT2D eigenvalue weighted by Crippen LogP contribution is -2.48. The molecule has 4 aliphatic carbocycles. The molecule has 1 aromatic rings. The summed E-state index contributed by atoms with van der Waals surface area (Å²) in [6, 6.07) is 7.51. The first-order valence-corrected chi connectivity index (χ1v) is 7.88. The summed E-state index contributed by atoms with van der Waals surface area (Å²) in [7, 11) is 0. The van der Waals surface area contributed by atoms with Crippen LogP contribution in [-0.4, -0.2) is 5.78 Å². The summed E-state index contributed by atoms with van der Waals surface area (Å²) >= 11 is 6.03. The molecule has 5 rings (SSSR count). The molecule has 1 aromatic carbocycles. The van der Waals surface area contributed by atoms with Crippen LogP contribution in [0.2, 0.25) is 5.02 Å². The molecule has 0 saturated heterocycles. The van der Waals surface area contributed by atoms with Gasteiger partial charge in [-0.15, -0.1) is 0 Å². The van der Waals surface area contributed by atoms with Crippen molar-refractivity contribution < 1.29 is 4.79 Å². The molecule has 4 fully saturated rings. The van der Waals surface area contributed by atoms with Gasteiger partial charge in [0.2, 0.25) is 0 Å². The maximum atomic E-state index is 12.8. The van der Waals surface area contributed by atoms with Gasteiger partial charge >= 0.3 is 0 Å². The van der Waals surface area contributed by atoms with Crippen molar-refractivity contribution >= 4 is 17.4 Å². The Bertz CT molecular complexity index is 494. The van der Waals surface area contributed by atoms with Crippen molar-refractivity contribution in [3.63, 3.8) is 0 Å². The summed E-state index contributed by atoms with van der Waals surface area (Å²) in [4.78, 5) is 12.8. The number of halogens is 1. The molecule has 0 atom stereocenters. The lowest BCUT2D eigenvalue weighted by atomic mass is 9.51. The molecule has 2 heteroatoms. The molecule has 0 aliphatic heterocycles. The number of ketones is 1. The number of rotatable bonds is 2. The highest BCUT2D eigenvalue weighted by Crippen LogP contribution is 2.57. The van der Waals surface area contributed by atoms with Gasteiger partial charge in [0, 0.05) is 16.5 Å². The smallest absolute Gasteiger partial charge is 0.166 e. The molecular formula is C17H19ClO. The van der Waals surface area contributed by atoms with Crippen molar-refractivity contribution in [3.8, 4) is 0 Å². The van der Waals surface area contributed by atoms with Gasteiger partial charge in [-0.05, 0) is 67.9 Å². The lowest BCUT2D eigenvalue weighted by molar-refractivity contribution is -0.0251. The van der Waals surface area contributed by atoms with Crippen LogP contribution in [0.25, 0.3) is 0 Å². The quantitative estimate of drug-likeness (QED) is 0.721. The molecule has 0 aromatic heterocycles. The van der Waals surface area contributed by atoms with Crippen LogP contribution in [0.1, 0.15) is 42.5 Å². The second kappa shape index (κ2) is 4.34. The zero-order valence-electron chi connectivity index (χ0n) is 11.0. The Balaban J connectivity index is 1.64. The second-order valence-electron chi connectivity index (χ2n) is 6.83. The summed E-state index contributed by atoms with van der Waals surface area (Å²) in [6.07, 6.45) is 6.62. The molecule has 0 unspecified atom stereocenters. The van der Waals surface area contributed by atoms with Gasteiger partial charge in [-0.3, -0.25) is 4.79 Å². The Hall–Kier alpha value is -0.820. The maximum absolute atomic E-state index is 12.8. The molecule has 0 amide bonds. The standard InChI is InChI=1S/C17H19ClO/c18-15-3-1-2-12(9-15)17(19)16-13-5-10-4-11(7-13)8-14(16)6-10/h1-3,9-11,13-14,16H,4-8H2. The number of Topliss-reactive ketones (excluding diaryl/α,β-unsaturated/α-hetero) is 1. The van der Waals surface area contributed by atoms with Crippen molar-refractivity contribution in [2.75, 3.05) is 0 Å². The van der Waals surface area contributed by atoms with Crippen LogP contribution >= 0.6 is 11.6 Å². The van der Waals surface area contributed by atoms with Crippen LogP contribution in [0.4, 0.5) is 0 Å². The molecule has 100 valence electrons. The van der Waals surface area contributed by atoms with Gasteiger partial charge in [0.25, 0.3) is 0 Å². The van der Waals surface area contributed by atoms with Crippen molar-refractivity contribution in [1.82, 2.24) is 0 Å². The molecule has 0 N–H and O–H groups in total. The Morgan fingerprint density at radius 1 is 1.00 bits per heavy atom. The summed E-state index contributed by atoms with van der Waals surface area (Å²) in [5.41, 5.74) is 0.824. The number of carbonyl (C=O) groups excluding carboxylic acids is 1. The van der Waals surface area contributed by atoms with Crippen molar-refractivity contribution in [2.45, 2.75) is 32.1 Å². The number of benzene rings is 1. The fourth-order valence-corrected chi connectivity index (χ4v) is 5.38. The first-order valence-electron chi connectivity index (χ1n) is 7.50. The minimum atomic E-state index is 0.284. The number of hydrogen-bond donors (Lipinski definition) is 0. The van der Waals surface area contributed by atoms with Crippen molar-refractivity contribution in [1.29, 1.82) is 0 Å². The third-order valence-electron chi connectivity index (χ3n) is 5.64. The fraction of sp³-hybridized carbons (Fsp3) is 0.588. The first-order chi connectivity index (χ1) is 9.20. The molecule has 0 spiro atoms. The van der Waals surface area contributed by atoms with Crippen molar-refractivity contribution in [3.05, 3.63) is 34.9 Å². The summed E-state index contributed by atoms with van der Waals surface area (Å²) in [6.45, 7) is 0. The zero-order valence-corrected chi connectivity index (χ0v) is 11.8. The Labute approximate surface area is 119 Å². The molecule has 19 heavy (non-hydrogen) atoms. The molecule has 4 bridgehead atoms. The van der Waals surface area contributed by atoms with E-state index < -0.39 is 0 Å². The number of carbonyl (C=O) groups is 1. The molecule has 4 saturated carbocycles. The molecule has 0 heterocycles. The van der Waals surface area contributed by atoms with Gasteiger partial charge in [-0.25, -0.2) is 0 Å². The SMILES string of the molecule is O=C(c1cccc(Cl)c1)C1C2CC3CC(C2)CC1C3. The molecule has 0 radical (unpaired) electrons. The van der Waals surface area contributed by atoms with E-state index in [9.17, 15) is 4.79 Å². The van der Waals surface area contributed by atoms with Gasteiger partial charge in [-0.2, -0.15) is 0 Å². The summed E-state index contributed by atoms with van der Waals surface area (Å²) in [5, 5.41) is 0.676. The van der Waals surface area contributed by atoms with Crippen molar-refractivity contribution in [2.24, 2.45) is 29.6 Å². The normalized spacial score (nSPS) is 39.5. The highest BCUT2D eigenvalue weighted by molar-refractivity contribution is 6.31. The minimum Gasteiger partial charge on any atom is -0.294 e. The van der Waals surface area contributed by atoms with Crippen LogP contribution in [0, 0.1) is 29.6 Å². The molecule has 4 aliphatic rings. The third-order valence-corrected chi connectivity index (χ3v) is 5.87. The van der Waals surface area contributed by atoms with E-state index in [0.717, 1.165) is 17.4 Å². The van der Waals surface area contributed by atoms with E-state index >= 15 is 0 Å². The van der Waals surface area contributed by atoms with Gasteiger partial charge in [0.15, 0.2) is 5.78 Å². The van der Waals surface area contributed by atoms with Gasteiger partial charge < -0.3 is 0 Å². The average molecular weight is 275 g/mol. The second-order valence-corrected chi connectivity index (χ2v) is 7.27. The monoisotopic (exact) mass is 274 g/mol. The Morgan fingerprint density at radius 2 is 1.63 bits per heavy atom. The van der Waals surface area contributed by atoms with Crippen LogP contribution in [0.5, 0.6) is 0 Å². The van der Waals surface area contributed by atoms with Crippen LogP contribution in [0.3, 0.4) is 0 Å². The topological polar surface area (TPSA) is 17.1 Å². The summed E-state index contributed by atoms with van der Waals surface area (Å²) < 4.78 is 0. The van der Waals surface area contributed by atoms with Crippen LogP contribution in [-0.2, 0) is 0 Å². The lowest BCUT2D eigenvalue weighted by Gasteiger charge is -2.53. The average Bonchev–Trinajstić information content (AvgIpc) is 2.37. The Morgan fingerprint density at radius 3 is 2.21 bits per heavy atom. The zero-order chi connectivity index (χ0) is 13.0. The fourth-order valence-electron chi connectivity index (χ4n) is 5.19. The predicted molar refractivity (Wildman–Crippen MR) is 76.3 cm³/mol. The minimum absolute atomic E-state index is 0.284. The van der Waals surface area contributed by atoms with E-state index in [0.29, 0.717) is 22.6 Å². The van der Waals surface area contributed by atoms with Crippen LogP contribution in [0.15, 0.2) is 24.3 Å². The van der Waals surface area contributed by atoms with Gasteiger partial charge in [0.1, 0.15) is 0 Å². The number of hydrogen-bond acceptors (Lipinski definition) is 1.